The minimum Gasteiger partial charge on any atom is -0.388 e. The number of hydrogen-bond acceptors (Lipinski definition) is 11. The van der Waals surface area contributed by atoms with Crippen LogP contribution in [0.2, 0.25) is 0 Å². The smallest absolute Gasteiger partial charge is 0.186 e. The minimum atomic E-state index is -1.58. The Balaban J connectivity index is 1.59. The molecule has 0 bridgehead atoms. The Hall–Kier alpha value is -1.25. The average Bonchev–Trinajstić information content (AvgIpc) is 2.76. The fraction of sp³-hybridized carbons (Fsp3) is 0.792. The molecule has 1 aliphatic carbocycles. The summed E-state index contributed by atoms with van der Waals surface area (Å²) < 4.78 is 22.1. The summed E-state index contributed by atoms with van der Waals surface area (Å²) in [6, 6.07) is 0. The van der Waals surface area contributed by atoms with Gasteiger partial charge in [0.2, 0.25) is 0 Å². The summed E-state index contributed by atoms with van der Waals surface area (Å²) in [6.45, 7) is 7.06. The first-order valence-electron chi connectivity index (χ1n) is 11.9. The topological polar surface area (TPSA) is 175 Å². The van der Waals surface area contributed by atoms with Crippen molar-refractivity contribution in [2.75, 3.05) is 13.2 Å². The summed E-state index contributed by atoms with van der Waals surface area (Å²) in [5.41, 5.74) is 1.62. The van der Waals surface area contributed by atoms with Gasteiger partial charge in [0.1, 0.15) is 42.7 Å². The molecule has 200 valence electrons. The molecular formula is C24H38O11. The molecule has 2 saturated heterocycles. The van der Waals surface area contributed by atoms with Crippen LogP contribution in [0.3, 0.4) is 0 Å². The first kappa shape index (κ1) is 28.3. The fourth-order valence-electron chi connectivity index (χ4n) is 4.72. The third-order valence-electron chi connectivity index (χ3n) is 6.72. The Kier molecular flexibility index (Phi) is 9.25. The molecule has 10 atom stereocenters. The van der Waals surface area contributed by atoms with Gasteiger partial charge in [0, 0.05) is 6.42 Å². The Morgan fingerprint density at radius 2 is 1.71 bits per heavy atom. The molecule has 0 amide bonds. The number of aliphatic hydroxyl groups excluding tert-OH is 6. The lowest BCUT2D eigenvalue weighted by Crippen LogP contribution is -2.60. The van der Waals surface area contributed by atoms with Gasteiger partial charge >= 0.3 is 0 Å². The molecule has 2 heterocycles. The van der Waals surface area contributed by atoms with Crippen LogP contribution in [0, 0.1) is 5.41 Å². The van der Waals surface area contributed by atoms with Crippen LogP contribution in [0.1, 0.15) is 40.5 Å². The van der Waals surface area contributed by atoms with Crippen LogP contribution in [-0.2, 0) is 23.7 Å². The predicted molar refractivity (Wildman–Crippen MR) is 121 cm³/mol. The van der Waals surface area contributed by atoms with Gasteiger partial charge in [-0.3, -0.25) is 4.79 Å². The minimum absolute atomic E-state index is 0.0883. The summed E-state index contributed by atoms with van der Waals surface area (Å²) in [4.78, 5) is 11.9. The second-order valence-electron chi connectivity index (χ2n) is 10.3. The van der Waals surface area contributed by atoms with Crippen molar-refractivity contribution < 1.29 is 54.4 Å². The second kappa shape index (κ2) is 11.4. The van der Waals surface area contributed by atoms with E-state index in [1.807, 2.05) is 26.8 Å². The number of carbonyl (C=O) groups excluding carboxylic acids is 1. The highest BCUT2D eigenvalue weighted by molar-refractivity contribution is 5.93. The zero-order chi connectivity index (χ0) is 26.1. The van der Waals surface area contributed by atoms with E-state index in [1.165, 1.54) is 0 Å². The van der Waals surface area contributed by atoms with E-state index in [9.17, 15) is 35.4 Å². The molecule has 6 N–H and O–H groups in total. The molecule has 3 aliphatic rings. The lowest BCUT2D eigenvalue weighted by Gasteiger charge is -2.42. The maximum absolute atomic E-state index is 11.9. The molecular weight excluding hydrogens is 464 g/mol. The molecule has 0 aromatic rings. The van der Waals surface area contributed by atoms with E-state index < -0.39 is 61.4 Å². The van der Waals surface area contributed by atoms with Gasteiger partial charge in [0.25, 0.3) is 0 Å². The number of ketones is 1. The second-order valence-corrected chi connectivity index (χ2v) is 10.3. The number of ether oxygens (including phenoxy) is 4. The molecule has 0 saturated carbocycles. The number of rotatable bonds is 7. The zero-order valence-electron chi connectivity index (χ0n) is 20.5. The third-order valence-corrected chi connectivity index (χ3v) is 6.72. The van der Waals surface area contributed by atoms with Gasteiger partial charge in [-0.25, -0.2) is 0 Å². The number of hydrogen-bond donors (Lipinski definition) is 6. The van der Waals surface area contributed by atoms with E-state index in [0.717, 1.165) is 11.1 Å². The SMILES string of the molecule is CC1=CC(=O)CC(C)(C)/C1=C\CC(C)O[C@@H]1O[C@H](CO[C@@H]2OC[C@@H](O)[C@H](O)[C@H]2O)[C@@H](O)[C@H](O)[C@H]1O. The molecule has 2 aliphatic heterocycles. The number of allylic oxidation sites excluding steroid dienone is 3. The lowest BCUT2D eigenvalue weighted by molar-refractivity contribution is -0.326. The van der Waals surface area contributed by atoms with Crippen LogP contribution in [0.15, 0.2) is 23.3 Å². The fourth-order valence-corrected chi connectivity index (χ4v) is 4.72. The summed E-state index contributed by atoms with van der Waals surface area (Å²) in [5.74, 6) is 0.0883. The predicted octanol–water partition coefficient (Wildman–Crippen LogP) is -1.08. The molecule has 1 unspecified atom stereocenters. The molecule has 3 rings (SSSR count). The highest BCUT2D eigenvalue weighted by atomic mass is 16.7. The molecule has 11 heteroatoms. The number of carbonyl (C=O) groups is 1. The maximum atomic E-state index is 11.9. The maximum Gasteiger partial charge on any atom is 0.186 e. The van der Waals surface area contributed by atoms with Crippen LogP contribution in [0.4, 0.5) is 0 Å². The summed E-state index contributed by atoms with van der Waals surface area (Å²) in [5, 5.41) is 60.3. The molecule has 35 heavy (non-hydrogen) atoms. The van der Waals surface area contributed by atoms with E-state index in [4.69, 9.17) is 18.9 Å². The summed E-state index contributed by atoms with van der Waals surface area (Å²) in [6.07, 6.45) is -8.47. The summed E-state index contributed by atoms with van der Waals surface area (Å²) in [7, 11) is 0. The first-order chi connectivity index (χ1) is 16.3. The molecule has 11 nitrogen and oxygen atoms in total. The van der Waals surface area contributed by atoms with E-state index in [-0.39, 0.29) is 24.4 Å². The normalized spacial score (nSPS) is 42.1. The van der Waals surface area contributed by atoms with Gasteiger partial charge in [-0.2, -0.15) is 0 Å². The van der Waals surface area contributed by atoms with Crippen molar-refractivity contribution in [1.82, 2.24) is 0 Å². The lowest BCUT2D eigenvalue weighted by atomic mass is 9.72. The van der Waals surface area contributed by atoms with Gasteiger partial charge in [-0.15, -0.1) is 0 Å². The van der Waals surface area contributed by atoms with Crippen molar-refractivity contribution in [3.63, 3.8) is 0 Å². The Morgan fingerprint density at radius 1 is 1.06 bits per heavy atom. The van der Waals surface area contributed by atoms with Crippen LogP contribution in [-0.4, -0.2) is 111 Å². The monoisotopic (exact) mass is 502 g/mol. The van der Waals surface area contributed by atoms with Gasteiger partial charge in [-0.05, 0) is 42.9 Å². The molecule has 0 radical (unpaired) electrons. The highest BCUT2D eigenvalue weighted by Crippen LogP contribution is 2.39. The molecule has 0 spiro atoms. The van der Waals surface area contributed by atoms with Crippen LogP contribution >= 0.6 is 0 Å². The van der Waals surface area contributed by atoms with E-state index >= 15 is 0 Å². The molecule has 0 aromatic carbocycles. The Bertz CT molecular complexity index is 809. The van der Waals surface area contributed by atoms with E-state index in [2.05, 4.69) is 0 Å². The van der Waals surface area contributed by atoms with Crippen LogP contribution < -0.4 is 0 Å². The van der Waals surface area contributed by atoms with Crippen LogP contribution in [0.5, 0.6) is 0 Å². The van der Waals surface area contributed by atoms with Crippen molar-refractivity contribution in [2.24, 2.45) is 5.41 Å². The van der Waals surface area contributed by atoms with E-state index in [1.54, 1.807) is 13.0 Å². The molecule has 0 aromatic heterocycles. The highest BCUT2D eigenvalue weighted by Gasteiger charge is 2.46. The first-order valence-corrected chi connectivity index (χ1v) is 11.9. The quantitative estimate of drug-likeness (QED) is 0.250. The molecule has 2 fully saturated rings. The largest absolute Gasteiger partial charge is 0.388 e. The van der Waals surface area contributed by atoms with Crippen LogP contribution in [0.25, 0.3) is 0 Å². The zero-order valence-corrected chi connectivity index (χ0v) is 20.5. The van der Waals surface area contributed by atoms with Gasteiger partial charge in [-0.1, -0.05) is 19.9 Å². The van der Waals surface area contributed by atoms with Crippen molar-refractivity contribution >= 4 is 5.78 Å². The van der Waals surface area contributed by atoms with E-state index in [0.29, 0.717) is 12.8 Å². The van der Waals surface area contributed by atoms with Crippen molar-refractivity contribution in [3.05, 3.63) is 23.3 Å². The average molecular weight is 503 g/mol. The third kappa shape index (κ3) is 6.55. The van der Waals surface area contributed by atoms with Gasteiger partial charge in [0.15, 0.2) is 18.4 Å². The van der Waals surface area contributed by atoms with Crippen molar-refractivity contribution in [2.45, 2.75) is 102 Å². The Morgan fingerprint density at radius 3 is 2.37 bits per heavy atom. The Labute approximate surface area is 204 Å². The van der Waals surface area contributed by atoms with Crippen molar-refractivity contribution in [1.29, 1.82) is 0 Å². The van der Waals surface area contributed by atoms with Gasteiger partial charge < -0.3 is 49.6 Å². The van der Waals surface area contributed by atoms with Gasteiger partial charge in [0.05, 0.1) is 19.3 Å². The number of aliphatic hydroxyl groups is 6. The van der Waals surface area contributed by atoms with Crippen molar-refractivity contribution in [3.8, 4) is 0 Å². The standard InChI is InChI=1S/C24H38O11/c1-11-7-13(25)8-24(3,4)14(11)6-5-12(2)34-23-21(31)19(29)18(28)16(35-23)10-33-22-20(30)17(27)15(26)9-32-22/h6-7,12,15-23,26-31H,5,8-10H2,1-4H3/b14-6-/t12?,15-,16-,17+,18-,19+,20-,21-,22+,23-/m1/s1. The summed E-state index contributed by atoms with van der Waals surface area (Å²) >= 11 is 0.